The van der Waals surface area contributed by atoms with Crippen molar-refractivity contribution >= 4 is 11.9 Å². The predicted molar refractivity (Wildman–Crippen MR) is 88.5 cm³/mol. The van der Waals surface area contributed by atoms with Gasteiger partial charge in [0.05, 0.1) is 29.3 Å². The molecule has 1 fully saturated rings. The fraction of sp³-hybridized carbons (Fsp3) is 0.333. The average molecular weight is 341 g/mol. The van der Waals surface area contributed by atoms with Crippen molar-refractivity contribution in [1.82, 2.24) is 14.9 Å². The van der Waals surface area contributed by atoms with Crippen LogP contribution in [0.4, 0.5) is 0 Å². The highest BCUT2D eigenvalue weighted by atomic mass is 16.4. The van der Waals surface area contributed by atoms with E-state index in [0.29, 0.717) is 12.2 Å². The molecule has 25 heavy (non-hydrogen) atoms. The Balaban J connectivity index is 1.98. The highest BCUT2D eigenvalue weighted by Gasteiger charge is 2.43. The number of nitrogens with zero attached hydrogens (tertiary/aromatic N) is 3. The number of rotatable bonds is 5. The van der Waals surface area contributed by atoms with Crippen molar-refractivity contribution in [3.8, 4) is 0 Å². The molecular weight excluding hydrogens is 322 g/mol. The molecular formula is C18H19N3O4. The number of piperidine rings is 1. The van der Waals surface area contributed by atoms with Crippen LogP contribution in [0, 0.1) is 11.8 Å². The topological polar surface area (TPSA) is 104 Å². The molecule has 0 spiro atoms. The molecule has 0 amide bonds. The van der Waals surface area contributed by atoms with E-state index in [0.717, 1.165) is 5.69 Å². The lowest BCUT2D eigenvalue weighted by Gasteiger charge is -2.41. The molecule has 3 unspecified atom stereocenters. The van der Waals surface area contributed by atoms with E-state index in [1.165, 1.54) is 0 Å². The highest BCUT2D eigenvalue weighted by Crippen LogP contribution is 2.38. The third kappa shape index (κ3) is 3.83. The fourth-order valence-corrected chi connectivity index (χ4v) is 3.38. The summed E-state index contributed by atoms with van der Waals surface area (Å²) in [7, 11) is 0. The first-order valence-corrected chi connectivity index (χ1v) is 8.06. The van der Waals surface area contributed by atoms with Crippen LogP contribution in [0.25, 0.3) is 0 Å². The number of aliphatic carboxylic acids is 2. The van der Waals surface area contributed by atoms with Gasteiger partial charge in [0.1, 0.15) is 0 Å². The van der Waals surface area contributed by atoms with Gasteiger partial charge in [0.15, 0.2) is 0 Å². The van der Waals surface area contributed by atoms with Crippen LogP contribution in [0.5, 0.6) is 0 Å². The molecule has 3 heterocycles. The van der Waals surface area contributed by atoms with E-state index in [9.17, 15) is 19.8 Å². The maximum absolute atomic E-state index is 11.8. The number of carbonyl (C=O) groups is 2. The third-order valence-corrected chi connectivity index (χ3v) is 4.52. The summed E-state index contributed by atoms with van der Waals surface area (Å²) in [6, 6.07) is 10.4. The number of pyridine rings is 2. The second-order valence-corrected chi connectivity index (χ2v) is 6.17. The molecule has 1 saturated heterocycles. The number of carboxylic acids is 2. The molecule has 130 valence electrons. The molecule has 2 aromatic heterocycles. The van der Waals surface area contributed by atoms with Crippen LogP contribution in [0.2, 0.25) is 0 Å². The predicted octanol–water partition coefficient (Wildman–Crippen LogP) is 1.83. The van der Waals surface area contributed by atoms with E-state index >= 15 is 0 Å². The van der Waals surface area contributed by atoms with Gasteiger partial charge in [0, 0.05) is 25.5 Å². The van der Waals surface area contributed by atoms with Crippen molar-refractivity contribution in [3.63, 3.8) is 0 Å². The van der Waals surface area contributed by atoms with E-state index < -0.39 is 29.8 Å². The van der Waals surface area contributed by atoms with Crippen LogP contribution in [0.3, 0.4) is 0 Å². The molecule has 0 radical (unpaired) electrons. The first-order chi connectivity index (χ1) is 12.1. The molecule has 0 bridgehead atoms. The Morgan fingerprint density at radius 1 is 1.04 bits per heavy atom. The van der Waals surface area contributed by atoms with Gasteiger partial charge in [0.2, 0.25) is 0 Å². The van der Waals surface area contributed by atoms with Crippen molar-refractivity contribution in [1.29, 1.82) is 0 Å². The molecule has 7 nitrogen and oxygen atoms in total. The summed E-state index contributed by atoms with van der Waals surface area (Å²) in [5.74, 6) is -3.55. The van der Waals surface area contributed by atoms with Gasteiger partial charge >= 0.3 is 11.9 Å². The molecule has 2 aromatic rings. The number of likely N-dealkylation sites (tertiary alicyclic amines) is 1. The minimum Gasteiger partial charge on any atom is -0.481 e. The minimum atomic E-state index is -1.01. The Hall–Kier alpha value is -2.80. The summed E-state index contributed by atoms with van der Waals surface area (Å²) in [4.78, 5) is 33.8. The zero-order valence-electron chi connectivity index (χ0n) is 13.5. The molecule has 0 aromatic carbocycles. The second-order valence-electron chi connectivity index (χ2n) is 6.17. The Kier molecular flexibility index (Phi) is 5.04. The zero-order chi connectivity index (χ0) is 17.8. The monoisotopic (exact) mass is 341 g/mol. The smallest absolute Gasteiger partial charge is 0.308 e. The van der Waals surface area contributed by atoms with Crippen LogP contribution < -0.4 is 0 Å². The SMILES string of the molecule is O=C(O)C1CC(C(=O)O)C(c2ccccn2)N(Cc2ccccn2)C1. The summed E-state index contributed by atoms with van der Waals surface area (Å²) in [6.07, 6.45) is 3.37. The second kappa shape index (κ2) is 7.40. The lowest BCUT2D eigenvalue weighted by atomic mass is 9.81. The van der Waals surface area contributed by atoms with Gasteiger partial charge in [-0.15, -0.1) is 0 Å². The summed E-state index contributed by atoms with van der Waals surface area (Å²) < 4.78 is 0. The molecule has 3 rings (SSSR count). The van der Waals surface area contributed by atoms with Crippen LogP contribution in [0.1, 0.15) is 23.9 Å². The van der Waals surface area contributed by atoms with E-state index in [-0.39, 0.29) is 13.0 Å². The van der Waals surface area contributed by atoms with Gasteiger partial charge < -0.3 is 10.2 Å². The third-order valence-electron chi connectivity index (χ3n) is 4.52. The maximum atomic E-state index is 11.8. The maximum Gasteiger partial charge on any atom is 0.308 e. The Bertz CT molecular complexity index is 739. The van der Waals surface area contributed by atoms with E-state index in [1.54, 1.807) is 30.6 Å². The minimum absolute atomic E-state index is 0.0879. The summed E-state index contributed by atoms with van der Waals surface area (Å²) >= 11 is 0. The molecule has 0 saturated carbocycles. The first kappa shape index (κ1) is 17.0. The molecule has 1 aliphatic heterocycles. The standard InChI is InChI=1S/C18H19N3O4/c22-17(23)12-9-14(18(24)25)16(15-6-2-4-8-20-15)21(10-12)11-13-5-1-3-7-19-13/h1-8,12,14,16H,9-11H2,(H,22,23)(H,24,25). The normalized spacial score (nSPS) is 23.9. The quantitative estimate of drug-likeness (QED) is 0.855. The molecule has 3 atom stereocenters. The molecule has 7 heteroatoms. The first-order valence-electron chi connectivity index (χ1n) is 8.06. The van der Waals surface area contributed by atoms with Crippen LogP contribution in [-0.4, -0.2) is 43.6 Å². The summed E-state index contributed by atoms with van der Waals surface area (Å²) in [5.41, 5.74) is 1.40. The number of hydrogen-bond acceptors (Lipinski definition) is 5. The fourth-order valence-electron chi connectivity index (χ4n) is 3.38. The van der Waals surface area contributed by atoms with E-state index in [2.05, 4.69) is 9.97 Å². The van der Waals surface area contributed by atoms with Crippen molar-refractivity contribution in [2.75, 3.05) is 6.54 Å². The summed E-state index contributed by atoms with van der Waals surface area (Å²) in [6.45, 7) is 0.632. The van der Waals surface area contributed by atoms with Crippen molar-refractivity contribution < 1.29 is 19.8 Å². The largest absolute Gasteiger partial charge is 0.481 e. The van der Waals surface area contributed by atoms with Gasteiger partial charge in [0.25, 0.3) is 0 Å². The Morgan fingerprint density at radius 3 is 2.32 bits per heavy atom. The van der Waals surface area contributed by atoms with Gasteiger partial charge in [-0.2, -0.15) is 0 Å². The van der Waals surface area contributed by atoms with Crippen LogP contribution in [-0.2, 0) is 16.1 Å². The van der Waals surface area contributed by atoms with Gasteiger partial charge in [-0.25, -0.2) is 0 Å². The van der Waals surface area contributed by atoms with Gasteiger partial charge in [-0.1, -0.05) is 12.1 Å². The van der Waals surface area contributed by atoms with Crippen molar-refractivity contribution in [2.24, 2.45) is 11.8 Å². The lowest BCUT2D eigenvalue weighted by molar-refractivity contribution is -0.153. The number of carboxylic acid groups (broad SMARTS) is 2. The Morgan fingerprint density at radius 2 is 1.76 bits per heavy atom. The van der Waals surface area contributed by atoms with E-state index in [1.807, 2.05) is 23.1 Å². The highest BCUT2D eigenvalue weighted by molar-refractivity contribution is 5.75. The lowest BCUT2D eigenvalue weighted by Crippen LogP contribution is -2.47. The van der Waals surface area contributed by atoms with Crippen LogP contribution in [0.15, 0.2) is 48.8 Å². The molecule has 1 aliphatic rings. The number of aromatic nitrogens is 2. The zero-order valence-corrected chi connectivity index (χ0v) is 13.5. The van der Waals surface area contributed by atoms with Crippen molar-refractivity contribution in [3.05, 3.63) is 60.2 Å². The van der Waals surface area contributed by atoms with Gasteiger partial charge in [-0.05, 0) is 30.7 Å². The van der Waals surface area contributed by atoms with Gasteiger partial charge in [-0.3, -0.25) is 24.5 Å². The average Bonchev–Trinajstić information content (AvgIpc) is 2.62. The van der Waals surface area contributed by atoms with E-state index in [4.69, 9.17) is 0 Å². The molecule has 0 aliphatic carbocycles. The van der Waals surface area contributed by atoms with Crippen LogP contribution >= 0.6 is 0 Å². The number of hydrogen-bond donors (Lipinski definition) is 2. The molecule has 2 N–H and O–H groups in total. The Labute approximate surface area is 145 Å². The van der Waals surface area contributed by atoms with Crippen molar-refractivity contribution in [2.45, 2.75) is 19.0 Å². The summed E-state index contributed by atoms with van der Waals surface area (Å²) in [5, 5.41) is 19.1.